The second-order valence-corrected chi connectivity index (χ2v) is 26.3. The predicted octanol–water partition coefficient (Wildman–Crippen LogP) is 12.9. The van der Waals surface area contributed by atoms with Crippen molar-refractivity contribution in [2.45, 2.75) is 24.7 Å². The fourth-order valence-electron chi connectivity index (χ4n) is 9.89. The Hall–Kier alpha value is -5.30. The molecule has 0 N–H and O–H groups in total. The molecule has 0 aromatic heterocycles. The maximum absolute atomic E-state index is 2.71. The van der Waals surface area contributed by atoms with Crippen LogP contribution in [0.2, 0.25) is 0 Å². The molecule has 0 heterocycles. The van der Waals surface area contributed by atoms with Gasteiger partial charge in [-0.1, -0.05) is 261 Å². The van der Waals surface area contributed by atoms with E-state index in [2.05, 4.69) is 261 Å². The van der Waals surface area contributed by atoms with Crippen LogP contribution in [0, 0.1) is 11.8 Å². The Morgan fingerprint density at radius 3 is 0.909 bits per heavy atom. The van der Waals surface area contributed by atoms with Gasteiger partial charge >= 0.3 is 0 Å². The Bertz CT molecular complexity index is 2690. The fourth-order valence-corrected chi connectivity index (χ4v) is 20.1. The molecule has 1 saturated carbocycles. The van der Waals surface area contributed by atoms with Gasteiger partial charge in [0.25, 0.3) is 0 Å². The Kier molecular flexibility index (Phi) is 14.8. The Balaban J connectivity index is 1.07. The summed E-state index contributed by atoms with van der Waals surface area (Å²) in [6.45, 7) is 0. The van der Waals surface area contributed by atoms with Gasteiger partial charge in [0.05, 0.1) is 0 Å². The number of hydrogen-bond acceptors (Lipinski definition) is 0. The molecule has 1 aliphatic rings. The topological polar surface area (TPSA) is 0 Å². The van der Waals surface area contributed by atoms with Crippen molar-refractivity contribution in [1.29, 1.82) is 0 Å². The maximum atomic E-state index is 2.71. The summed E-state index contributed by atoms with van der Waals surface area (Å²) in [6, 6.07) is 98.8. The normalized spacial score (nSPS) is 15.8. The largest absolute Gasteiger partial charge is 0.0622 e. The Morgan fingerprint density at radius 2 is 0.576 bits per heavy atom. The van der Waals surface area contributed by atoms with E-state index in [4.69, 9.17) is 0 Å². The molecule has 0 aliphatic heterocycles. The van der Waals surface area contributed by atoms with E-state index in [0.717, 1.165) is 12.3 Å². The fraction of sp³-hybridized carbons (Fsp3) is 0.129. The lowest BCUT2D eigenvalue weighted by atomic mass is 9.63. The lowest BCUT2D eigenvalue weighted by molar-refractivity contribution is 0.177. The monoisotopic (exact) mass is 924 g/mol. The SMILES string of the molecule is c1ccc(P(Cc2ccc(C3C[C@H](CP(c4ccccc4)c4ccccc4)[C@H]3CP(c3ccccc3)c3ccccc3)cc2CP(c2ccccc2)c2ccccc2)c2ccccc2)cc1. The molecule has 0 amide bonds. The molecular weight excluding hydrogens is 869 g/mol. The second kappa shape index (κ2) is 22.0. The van der Waals surface area contributed by atoms with Crippen molar-refractivity contribution in [2.24, 2.45) is 11.8 Å². The number of rotatable bonds is 17. The van der Waals surface area contributed by atoms with Crippen LogP contribution in [0.1, 0.15) is 29.0 Å². The van der Waals surface area contributed by atoms with E-state index >= 15 is 0 Å². The van der Waals surface area contributed by atoms with Crippen LogP contribution in [0.5, 0.6) is 0 Å². The summed E-state index contributed by atoms with van der Waals surface area (Å²) in [6.07, 6.45) is 5.68. The molecule has 10 rings (SSSR count). The Morgan fingerprint density at radius 1 is 0.288 bits per heavy atom. The average molecular weight is 925 g/mol. The molecule has 324 valence electrons. The first kappa shape index (κ1) is 44.5. The minimum atomic E-state index is -0.639. The molecule has 9 aromatic carbocycles. The van der Waals surface area contributed by atoms with Crippen molar-refractivity contribution in [3.8, 4) is 0 Å². The summed E-state index contributed by atoms with van der Waals surface area (Å²) in [7, 11) is -2.32. The smallest absolute Gasteiger partial charge is 0.00104 e. The summed E-state index contributed by atoms with van der Waals surface area (Å²) in [5.41, 5.74) is 4.56. The van der Waals surface area contributed by atoms with Crippen molar-refractivity contribution in [3.05, 3.63) is 278 Å². The van der Waals surface area contributed by atoms with Crippen LogP contribution in [-0.4, -0.2) is 12.3 Å². The van der Waals surface area contributed by atoms with Gasteiger partial charge in [-0.25, -0.2) is 0 Å². The third-order valence-corrected chi connectivity index (χ3v) is 23.7. The molecule has 66 heavy (non-hydrogen) atoms. The third kappa shape index (κ3) is 10.6. The van der Waals surface area contributed by atoms with Gasteiger partial charge in [-0.15, -0.1) is 0 Å². The molecule has 1 fully saturated rings. The lowest BCUT2D eigenvalue weighted by Crippen LogP contribution is -2.41. The van der Waals surface area contributed by atoms with Crippen molar-refractivity contribution in [3.63, 3.8) is 0 Å². The lowest BCUT2D eigenvalue weighted by Gasteiger charge is -2.48. The summed E-state index contributed by atoms with van der Waals surface area (Å²) < 4.78 is 0. The highest BCUT2D eigenvalue weighted by Crippen LogP contribution is 2.57. The van der Waals surface area contributed by atoms with E-state index in [9.17, 15) is 0 Å². The first-order valence-electron chi connectivity index (χ1n) is 23.4. The van der Waals surface area contributed by atoms with Gasteiger partial charge in [0.1, 0.15) is 0 Å². The summed E-state index contributed by atoms with van der Waals surface area (Å²) in [5.74, 6) is 1.67. The average Bonchev–Trinajstić information content (AvgIpc) is 3.39. The first-order valence-corrected chi connectivity index (χ1v) is 29.5. The molecule has 3 atom stereocenters. The minimum Gasteiger partial charge on any atom is -0.0622 e. The Labute approximate surface area is 398 Å². The molecule has 0 spiro atoms. The summed E-state index contributed by atoms with van der Waals surface area (Å²) in [5, 5.41) is 11.7. The highest BCUT2D eigenvalue weighted by Gasteiger charge is 2.44. The van der Waals surface area contributed by atoms with Crippen LogP contribution in [0.4, 0.5) is 0 Å². The van der Waals surface area contributed by atoms with E-state index in [1.165, 1.54) is 77.9 Å². The van der Waals surface area contributed by atoms with Gasteiger partial charge in [-0.3, -0.25) is 0 Å². The van der Waals surface area contributed by atoms with E-state index in [1.807, 2.05) is 0 Å². The van der Waals surface area contributed by atoms with Gasteiger partial charge in [0, 0.05) is 12.3 Å². The van der Waals surface area contributed by atoms with E-state index in [-0.39, 0.29) is 0 Å². The molecule has 1 unspecified atom stereocenters. The molecule has 0 saturated heterocycles. The van der Waals surface area contributed by atoms with Gasteiger partial charge in [-0.2, -0.15) is 0 Å². The third-order valence-electron chi connectivity index (χ3n) is 13.3. The molecule has 1 aliphatic carbocycles. The van der Waals surface area contributed by atoms with Gasteiger partial charge in [0.15, 0.2) is 0 Å². The van der Waals surface area contributed by atoms with Crippen LogP contribution in [0.15, 0.2) is 261 Å². The molecule has 0 radical (unpaired) electrons. The van der Waals surface area contributed by atoms with Crippen LogP contribution in [-0.2, 0) is 12.3 Å². The second-order valence-electron chi connectivity index (χ2n) is 17.4. The number of benzene rings is 9. The van der Waals surface area contributed by atoms with Crippen LogP contribution in [0.3, 0.4) is 0 Å². The van der Waals surface area contributed by atoms with E-state index in [0.29, 0.717) is 17.8 Å². The minimum absolute atomic E-state index is 0.494. The van der Waals surface area contributed by atoms with E-state index < -0.39 is 31.7 Å². The molecule has 4 heteroatoms. The van der Waals surface area contributed by atoms with Crippen molar-refractivity contribution in [1.82, 2.24) is 0 Å². The summed E-state index contributed by atoms with van der Waals surface area (Å²) in [4.78, 5) is 0. The zero-order valence-corrected chi connectivity index (χ0v) is 41.0. The molecule has 9 aromatic rings. The zero-order valence-electron chi connectivity index (χ0n) is 37.4. The predicted molar refractivity (Wildman–Crippen MR) is 294 cm³/mol. The van der Waals surface area contributed by atoms with Crippen molar-refractivity contribution < 1.29 is 0 Å². The maximum Gasteiger partial charge on any atom is 0.00104 e. The highest BCUT2D eigenvalue weighted by molar-refractivity contribution is 7.74. The summed E-state index contributed by atoms with van der Waals surface area (Å²) >= 11 is 0. The van der Waals surface area contributed by atoms with Crippen molar-refractivity contribution >= 4 is 74.1 Å². The standard InChI is InChI=1S/C62H56P4/c1-9-25-53(26-10-1)63(54-27-11-2-12-28-54)45-50-42-41-49(43-51(50)46-64(55-29-13-3-14-30-55)56-31-15-4-16-32-56)61-44-52(47-65(57-33-17-5-18-34-57)58-35-19-6-20-36-58)62(61)48-66(59-37-21-7-22-38-59)60-39-23-8-24-40-60/h1-43,52,61-62H,44-48H2/t52-,61?,62-/m1/s1. The molecular formula is C62H56P4. The van der Waals surface area contributed by atoms with Gasteiger partial charge in [0.2, 0.25) is 0 Å². The van der Waals surface area contributed by atoms with Gasteiger partial charge < -0.3 is 0 Å². The highest BCUT2D eigenvalue weighted by atomic mass is 31.1. The first-order chi connectivity index (χ1) is 32.7. The van der Waals surface area contributed by atoms with E-state index in [1.54, 1.807) is 0 Å². The van der Waals surface area contributed by atoms with Crippen LogP contribution < -0.4 is 42.4 Å². The van der Waals surface area contributed by atoms with Crippen LogP contribution >= 0.6 is 31.7 Å². The zero-order chi connectivity index (χ0) is 44.3. The molecule has 0 bridgehead atoms. The number of hydrogen-bond donors (Lipinski definition) is 0. The quantitative estimate of drug-likeness (QED) is 0.0799. The van der Waals surface area contributed by atoms with Crippen molar-refractivity contribution in [2.75, 3.05) is 12.3 Å². The van der Waals surface area contributed by atoms with Gasteiger partial charge in [-0.05, 0) is 127 Å². The van der Waals surface area contributed by atoms with Crippen LogP contribution in [0.25, 0.3) is 0 Å². The molecule has 0 nitrogen and oxygen atoms in total.